The molecule has 0 saturated heterocycles. The van der Waals surface area contributed by atoms with E-state index in [0.717, 1.165) is 0 Å². The molecule has 7 heteroatoms. The highest BCUT2D eigenvalue weighted by Crippen LogP contribution is 2.42. The summed E-state index contributed by atoms with van der Waals surface area (Å²) in [6.45, 7) is 0.117. The first-order valence-corrected chi connectivity index (χ1v) is 7.03. The number of benzene rings is 2. The Morgan fingerprint density at radius 1 is 1.29 bits per heavy atom. The standard InChI is InChI=1S/C17H13NO6/c1-22-15-7-11(8-16-17(15)24-10-23-16)5-6-14(19)12-3-2-4-13(9-12)18(20)21/h2-9H,10H2,1H3/b6-5+. The van der Waals surface area contributed by atoms with E-state index < -0.39 is 4.92 Å². The van der Waals surface area contributed by atoms with Gasteiger partial charge in [0, 0.05) is 17.7 Å². The summed E-state index contributed by atoms with van der Waals surface area (Å²) >= 11 is 0. The van der Waals surface area contributed by atoms with Crippen molar-refractivity contribution in [2.24, 2.45) is 0 Å². The third-order valence-corrected chi connectivity index (χ3v) is 3.45. The molecule has 1 aliphatic heterocycles. The lowest BCUT2D eigenvalue weighted by Gasteiger charge is -2.05. The van der Waals surface area contributed by atoms with Crippen LogP contribution in [0.4, 0.5) is 5.69 Å². The molecular formula is C17H13NO6. The Hall–Kier alpha value is -3.35. The second-order valence-electron chi connectivity index (χ2n) is 4.96. The molecule has 0 radical (unpaired) electrons. The number of rotatable bonds is 5. The largest absolute Gasteiger partial charge is 0.493 e. The van der Waals surface area contributed by atoms with Crippen molar-refractivity contribution in [3.8, 4) is 17.2 Å². The monoisotopic (exact) mass is 327 g/mol. The zero-order valence-electron chi connectivity index (χ0n) is 12.7. The van der Waals surface area contributed by atoms with Gasteiger partial charge in [0.05, 0.1) is 12.0 Å². The van der Waals surface area contributed by atoms with Gasteiger partial charge < -0.3 is 14.2 Å². The number of nitrogens with zero attached hydrogens (tertiary/aromatic N) is 1. The quantitative estimate of drug-likeness (QED) is 0.362. The van der Waals surface area contributed by atoms with Crippen LogP contribution in [0.1, 0.15) is 15.9 Å². The van der Waals surface area contributed by atoms with E-state index in [1.807, 2.05) is 0 Å². The van der Waals surface area contributed by atoms with Gasteiger partial charge in [0.2, 0.25) is 12.5 Å². The first kappa shape index (κ1) is 15.5. The summed E-state index contributed by atoms with van der Waals surface area (Å²) in [7, 11) is 1.51. The molecule has 0 aliphatic carbocycles. The van der Waals surface area contributed by atoms with E-state index in [2.05, 4.69) is 0 Å². The highest BCUT2D eigenvalue weighted by atomic mass is 16.7. The van der Waals surface area contributed by atoms with Crippen LogP contribution >= 0.6 is 0 Å². The maximum absolute atomic E-state index is 12.2. The molecule has 0 unspecified atom stereocenters. The number of nitro benzene ring substituents is 1. The van der Waals surface area contributed by atoms with Crippen LogP contribution in [0, 0.1) is 10.1 Å². The smallest absolute Gasteiger partial charge is 0.270 e. The van der Waals surface area contributed by atoms with Gasteiger partial charge in [0.25, 0.3) is 5.69 Å². The average molecular weight is 327 g/mol. The van der Waals surface area contributed by atoms with E-state index in [0.29, 0.717) is 22.8 Å². The fourth-order valence-electron chi connectivity index (χ4n) is 2.29. The lowest BCUT2D eigenvalue weighted by molar-refractivity contribution is -0.384. The molecule has 1 aliphatic rings. The molecule has 0 saturated carbocycles. The molecule has 1 heterocycles. The van der Waals surface area contributed by atoms with Crippen LogP contribution in [0.5, 0.6) is 17.2 Å². The van der Waals surface area contributed by atoms with Gasteiger partial charge in [-0.2, -0.15) is 0 Å². The maximum Gasteiger partial charge on any atom is 0.270 e. The molecule has 2 aromatic carbocycles. The molecule has 7 nitrogen and oxygen atoms in total. The summed E-state index contributed by atoms with van der Waals surface area (Å²) in [5.74, 6) is 1.24. The minimum atomic E-state index is -0.538. The molecule has 0 spiro atoms. The van der Waals surface area contributed by atoms with Crippen molar-refractivity contribution in [1.29, 1.82) is 0 Å². The van der Waals surface area contributed by atoms with Crippen LogP contribution in [0.15, 0.2) is 42.5 Å². The lowest BCUT2D eigenvalue weighted by atomic mass is 10.1. The van der Waals surface area contributed by atoms with Crippen LogP contribution in [0.3, 0.4) is 0 Å². The normalized spacial score (nSPS) is 12.4. The Balaban J connectivity index is 1.84. The number of ketones is 1. The van der Waals surface area contributed by atoms with Crippen LogP contribution in [0.25, 0.3) is 6.08 Å². The second kappa shape index (κ2) is 6.41. The van der Waals surface area contributed by atoms with Crippen molar-refractivity contribution in [1.82, 2.24) is 0 Å². The van der Waals surface area contributed by atoms with E-state index in [1.165, 1.54) is 37.5 Å². The fourth-order valence-corrected chi connectivity index (χ4v) is 2.29. The minimum absolute atomic E-state index is 0.117. The maximum atomic E-state index is 12.2. The van der Waals surface area contributed by atoms with Crippen molar-refractivity contribution in [3.05, 3.63) is 63.7 Å². The molecule has 0 aromatic heterocycles. The van der Waals surface area contributed by atoms with Crippen molar-refractivity contribution in [2.75, 3.05) is 13.9 Å². The van der Waals surface area contributed by atoms with Gasteiger partial charge >= 0.3 is 0 Å². The van der Waals surface area contributed by atoms with Crippen molar-refractivity contribution >= 4 is 17.5 Å². The van der Waals surface area contributed by atoms with Crippen LogP contribution in [-0.2, 0) is 0 Å². The Kier molecular flexibility index (Phi) is 4.15. The van der Waals surface area contributed by atoms with E-state index >= 15 is 0 Å². The summed E-state index contributed by atoms with van der Waals surface area (Å²) in [5, 5.41) is 10.8. The van der Waals surface area contributed by atoms with Gasteiger partial charge in [-0.05, 0) is 23.8 Å². The Morgan fingerprint density at radius 2 is 2.12 bits per heavy atom. The van der Waals surface area contributed by atoms with Crippen LogP contribution < -0.4 is 14.2 Å². The molecule has 24 heavy (non-hydrogen) atoms. The predicted octanol–water partition coefficient (Wildman–Crippen LogP) is 3.23. The van der Waals surface area contributed by atoms with Crippen LogP contribution in [-0.4, -0.2) is 24.6 Å². The number of fused-ring (bicyclic) bond motifs is 1. The molecule has 0 bridgehead atoms. The summed E-state index contributed by atoms with van der Waals surface area (Å²) < 4.78 is 15.9. The number of ether oxygens (including phenoxy) is 3. The first-order chi connectivity index (χ1) is 11.6. The number of carbonyl (C=O) groups is 1. The summed E-state index contributed by atoms with van der Waals surface area (Å²) in [6.07, 6.45) is 2.93. The van der Waals surface area contributed by atoms with E-state index in [4.69, 9.17) is 14.2 Å². The molecule has 3 rings (SSSR count). The third-order valence-electron chi connectivity index (χ3n) is 3.45. The predicted molar refractivity (Wildman–Crippen MR) is 85.6 cm³/mol. The highest BCUT2D eigenvalue weighted by molar-refractivity contribution is 6.07. The first-order valence-electron chi connectivity index (χ1n) is 7.03. The number of hydrogen-bond acceptors (Lipinski definition) is 6. The van der Waals surface area contributed by atoms with Gasteiger partial charge in [0.1, 0.15) is 0 Å². The van der Waals surface area contributed by atoms with Gasteiger partial charge in [-0.1, -0.05) is 18.2 Å². The van der Waals surface area contributed by atoms with Gasteiger partial charge in [0.15, 0.2) is 17.3 Å². The molecule has 0 amide bonds. The third kappa shape index (κ3) is 3.05. The minimum Gasteiger partial charge on any atom is -0.493 e. The number of allylic oxidation sites excluding steroid dienone is 1. The van der Waals surface area contributed by atoms with Gasteiger partial charge in [-0.3, -0.25) is 14.9 Å². The van der Waals surface area contributed by atoms with Gasteiger partial charge in [-0.15, -0.1) is 0 Å². The Bertz CT molecular complexity index is 843. The summed E-state index contributed by atoms with van der Waals surface area (Å²) in [5.41, 5.74) is 0.807. The number of nitro groups is 1. The van der Waals surface area contributed by atoms with Crippen molar-refractivity contribution in [3.63, 3.8) is 0 Å². The lowest BCUT2D eigenvalue weighted by Crippen LogP contribution is -1.96. The highest BCUT2D eigenvalue weighted by Gasteiger charge is 2.19. The summed E-state index contributed by atoms with van der Waals surface area (Å²) in [6, 6.07) is 9.02. The fraction of sp³-hybridized carbons (Fsp3) is 0.118. The van der Waals surface area contributed by atoms with E-state index in [9.17, 15) is 14.9 Å². The zero-order chi connectivity index (χ0) is 17.1. The molecule has 2 aromatic rings. The SMILES string of the molecule is COc1cc(/C=C/C(=O)c2cccc([N+](=O)[O-])c2)cc2c1OCO2. The topological polar surface area (TPSA) is 87.9 Å². The summed E-state index contributed by atoms with van der Waals surface area (Å²) in [4.78, 5) is 22.4. The number of non-ortho nitro benzene ring substituents is 1. The number of carbonyl (C=O) groups excluding carboxylic acids is 1. The Morgan fingerprint density at radius 3 is 2.88 bits per heavy atom. The van der Waals surface area contributed by atoms with Crippen molar-refractivity contribution < 1.29 is 23.9 Å². The molecule has 122 valence electrons. The van der Waals surface area contributed by atoms with E-state index in [1.54, 1.807) is 18.2 Å². The molecule has 0 fully saturated rings. The van der Waals surface area contributed by atoms with Gasteiger partial charge in [-0.25, -0.2) is 0 Å². The average Bonchev–Trinajstić information content (AvgIpc) is 3.07. The number of hydrogen-bond donors (Lipinski definition) is 0. The second-order valence-corrected chi connectivity index (χ2v) is 4.96. The number of methoxy groups -OCH3 is 1. The zero-order valence-corrected chi connectivity index (χ0v) is 12.7. The Labute approximate surface area is 137 Å². The molecule has 0 N–H and O–H groups in total. The molecular weight excluding hydrogens is 314 g/mol. The van der Waals surface area contributed by atoms with E-state index in [-0.39, 0.29) is 23.8 Å². The van der Waals surface area contributed by atoms with Crippen LogP contribution in [0.2, 0.25) is 0 Å². The van der Waals surface area contributed by atoms with Crippen molar-refractivity contribution in [2.45, 2.75) is 0 Å². The molecule has 0 atom stereocenters.